The van der Waals surface area contributed by atoms with Gasteiger partial charge in [-0.25, -0.2) is 9.97 Å². The quantitative estimate of drug-likeness (QED) is 0.753. The van der Waals surface area contributed by atoms with Crippen molar-refractivity contribution in [3.63, 3.8) is 0 Å². The van der Waals surface area contributed by atoms with E-state index in [1.807, 2.05) is 19.1 Å². The highest BCUT2D eigenvalue weighted by molar-refractivity contribution is 7.99. The van der Waals surface area contributed by atoms with Gasteiger partial charge in [-0.05, 0) is 19.1 Å². The van der Waals surface area contributed by atoms with Crippen LogP contribution in [0.25, 0.3) is 0 Å². The molecule has 2 rings (SSSR count). The van der Waals surface area contributed by atoms with Crippen LogP contribution in [0.3, 0.4) is 0 Å². The fraction of sp³-hybridized carbons (Fsp3) is 0.100. The van der Waals surface area contributed by atoms with Gasteiger partial charge in [0, 0.05) is 22.9 Å². The lowest BCUT2D eigenvalue weighted by Gasteiger charge is -2.04. The van der Waals surface area contributed by atoms with E-state index in [0.29, 0.717) is 5.15 Å². The minimum Gasteiger partial charge on any atom is -0.265 e. The van der Waals surface area contributed by atoms with Gasteiger partial charge in [0.15, 0.2) is 0 Å². The van der Waals surface area contributed by atoms with Crippen molar-refractivity contribution in [2.24, 2.45) is 0 Å². The number of aromatic nitrogens is 3. The molecule has 0 saturated heterocycles. The SMILES string of the molecule is Cc1c(Cl)ncnc1Sc1ccncc1. The summed E-state index contributed by atoms with van der Waals surface area (Å²) in [5.41, 5.74) is 0.904. The van der Waals surface area contributed by atoms with Crippen molar-refractivity contribution in [2.75, 3.05) is 0 Å². The second-order valence-corrected chi connectivity index (χ2v) is 4.30. The number of hydrogen-bond acceptors (Lipinski definition) is 4. The first-order chi connectivity index (χ1) is 7.27. The van der Waals surface area contributed by atoms with Gasteiger partial charge in [0.2, 0.25) is 0 Å². The first-order valence-electron chi connectivity index (χ1n) is 4.32. The summed E-state index contributed by atoms with van der Waals surface area (Å²) >= 11 is 7.46. The molecule has 0 saturated carbocycles. The van der Waals surface area contributed by atoms with Gasteiger partial charge in [-0.3, -0.25) is 4.98 Å². The predicted molar refractivity (Wildman–Crippen MR) is 60.1 cm³/mol. The topological polar surface area (TPSA) is 38.7 Å². The van der Waals surface area contributed by atoms with Crippen LogP contribution in [0.1, 0.15) is 5.56 Å². The lowest BCUT2D eigenvalue weighted by Crippen LogP contribution is -1.89. The Balaban J connectivity index is 2.29. The van der Waals surface area contributed by atoms with Crippen molar-refractivity contribution >= 4 is 23.4 Å². The predicted octanol–water partition coefficient (Wildman–Crippen LogP) is 2.98. The standard InChI is InChI=1S/C10H8ClN3S/c1-7-9(11)13-6-14-10(7)15-8-2-4-12-5-3-8/h2-6H,1H3. The third-order valence-corrected chi connectivity index (χ3v) is 3.33. The first-order valence-corrected chi connectivity index (χ1v) is 5.52. The van der Waals surface area contributed by atoms with Gasteiger partial charge in [0.1, 0.15) is 16.5 Å². The van der Waals surface area contributed by atoms with E-state index in [2.05, 4.69) is 15.0 Å². The minimum absolute atomic E-state index is 0.501. The summed E-state index contributed by atoms with van der Waals surface area (Å²) in [5, 5.41) is 1.38. The Morgan fingerprint density at radius 1 is 1.20 bits per heavy atom. The lowest BCUT2D eigenvalue weighted by molar-refractivity contribution is 1.00. The number of nitrogens with zero attached hydrogens (tertiary/aromatic N) is 3. The Bertz CT molecular complexity index is 461. The highest BCUT2D eigenvalue weighted by atomic mass is 35.5. The molecular weight excluding hydrogens is 230 g/mol. The van der Waals surface area contributed by atoms with E-state index in [-0.39, 0.29) is 0 Å². The van der Waals surface area contributed by atoms with Crippen molar-refractivity contribution in [3.05, 3.63) is 41.6 Å². The van der Waals surface area contributed by atoms with E-state index in [9.17, 15) is 0 Å². The molecule has 0 atom stereocenters. The smallest absolute Gasteiger partial charge is 0.136 e. The molecular formula is C10H8ClN3S. The monoisotopic (exact) mass is 237 g/mol. The summed E-state index contributed by atoms with van der Waals surface area (Å²) in [4.78, 5) is 13.1. The Morgan fingerprint density at radius 2 is 1.93 bits per heavy atom. The van der Waals surface area contributed by atoms with Crippen LogP contribution in [0.4, 0.5) is 0 Å². The maximum atomic E-state index is 5.90. The number of rotatable bonds is 2. The second kappa shape index (κ2) is 4.59. The van der Waals surface area contributed by atoms with Gasteiger partial charge < -0.3 is 0 Å². The van der Waals surface area contributed by atoms with Crippen molar-refractivity contribution in [1.29, 1.82) is 0 Å². The molecule has 0 N–H and O–H groups in total. The van der Waals surface area contributed by atoms with Crippen molar-refractivity contribution in [2.45, 2.75) is 16.8 Å². The number of pyridine rings is 1. The van der Waals surface area contributed by atoms with Crippen molar-refractivity contribution in [1.82, 2.24) is 15.0 Å². The normalized spacial score (nSPS) is 10.3. The summed E-state index contributed by atoms with van der Waals surface area (Å²) in [6, 6.07) is 3.86. The third-order valence-electron chi connectivity index (χ3n) is 1.84. The fourth-order valence-corrected chi connectivity index (χ4v) is 2.05. The molecule has 0 unspecified atom stereocenters. The van der Waals surface area contributed by atoms with Crippen LogP contribution in [-0.4, -0.2) is 15.0 Å². The Morgan fingerprint density at radius 3 is 2.67 bits per heavy atom. The highest BCUT2D eigenvalue weighted by Gasteiger charge is 2.06. The zero-order valence-electron chi connectivity index (χ0n) is 8.01. The molecule has 0 fully saturated rings. The number of hydrogen-bond donors (Lipinski definition) is 0. The molecule has 0 aromatic carbocycles. The van der Waals surface area contributed by atoms with Gasteiger partial charge >= 0.3 is 0 Å². The van der Waals surface area contributed by atoms with Gasteiger partial charge in [-0.15, -0.1) is 0 Å². The molecule has 0 aliphatic carbocycles. The van der Waals surface area contributed by atoms with E-state index in [1.165, 1.54) is 6.33 Å². The molecule has 2 aromatic rings. The molecule has 76 valence electrons. The summed E-state index contributed by atoms with van der Waals surface area (Å²) in [5.74, 6) is 0. The maximum Gasteiger partial charge on any atom is 0.136 e. The molecule has 3 nitrogen and oxygen atoms in total. The van der Waals surface area contributed by atoms with Crippen LogP contribution in [-0.2, 0) is 0 Å². The largest absolute Gasteiger partial charge is 0.265 e. The maximum absolute atomic E-state index is 5.90. The molecule has 0 aliphatic heterocycles. The van der Waals surface area contributed by atoms with Crippen LogP contribution >= 0.6 is 23.4 Å². The molecule has 0 radical (unpaired) electrons. The average molecular weight is 238 g/mol. The van der Waals surface area contributed by atoms with Crippen LogP contribution in [0.2, 0.25) is 5.15 Å². The van der Waals surface area contributed by atoms with Crippen LogP contribution < -0.4 is 0 Å². The lowest BCUT2D eigenvalue weighted by atomic mass is 10.4. The summed E-state index contributed by atoms with van der Waals surface area (Å²) in [6.07, 6.45) is 4.97. The zero-order chi connectivity index (χ0) is 10.7. The van der Waals surface area contributed by atoms with Gasteiger partial charge in [0.25, 0.3) is 0 Å². The first kappa shape index (κ1) is 10.4. The molecule has 0 amide bonds. The zero-order valence-corrected chi connectivity index (χ0v) is 9.59. The second-order valence-electron chi connectivity index (χ2n) is 2.88. The van der Waals surface area contributed by atoms with Gasteiger partial charge in [-0.1, -0.05) is 23.4 Å². The van der Waals surface area contributed by atoms with Crippen LogP contribution in [0, 0.1) is 6.92 Å². The third kappa shape index (κ3) is 2.46. The van der Waals surface area contributed by atoms with E-state index >= 15 is 0 Å². The Labute approximate surface area is 96.9 Å². The van der Waals surface area contributed by atoms with Gasteiger partial charge in [-0.2, -0.15) is 0 Å². The molecule has 0 bridgehead atoms. The fourth-order valence-electron chi connectivity index (χ4n) is 1.03. The Hall–Kier alpha value is -1.13. The summed E-state index contributed by atoms with van der Waals surface area (Å²) < 4.78 is 0. The van der Waals surface area contributed by atoms with E-state index in [0.717, 1.165) is 15.5 Å². The van der Waals surface area contributed by atoms with Crippen molar-refractivity contribution in [3.8, 4) is 0 Å². The highest BCUT2D eigenvalue weighted by Crippen LogP contribution is 2.29. The molecule has 2 aromatic heterocycles. The van der Waals surface area contributed by atoms with E-state index < -0.39 is 0 Å². The summed E-state index contributed by atoms with van der Waals surface area (Å²) in [6.45, 7) is 1.91. The van der Waals surface area contributed by atoms with Crippen LogP contribution in [0.5, 0.6) is 0 Å². The Kier molecular flexibility index (Phi) is 3.18. The molecule has 0 aliphatic rings. The van der Waals surface area contributed by atoms with E-state index in [1.54, 1.807) is 24.2 Å². The van der Waals surface area contributed by atoms with Gasteiger partial charge in [0.05, 0.1) is 0 Å². The van der Waals surface area contributed by atoms with E-state index in [4.69, 9.17) is 11.6 Å². The average Bonchev–Trinajstić information content (AvgIpc) is 2.26. The minimum atomic E-state index is 0.501. The molecule has 5 heteroatoms. The molecule has 2 heterocycles. The van der Waals surface area contributed by atoms with Crippen LogP contribution in [0.15, 0.2) is 40.8 Å². The molecule has 15 heavy (non-hydrogen) atoms. The summed E-state index contributed by atoms with van der Waals surface area (Å²) in [7, 11) is 0. The molecule has 0 spiro atoms. The number of halogens is 1. The van der Waals surface area contributed by atoms with Crippen molar-refractivity contribution < 1.29 is 0 Å².